The second-order valence-electron chi connectivity index (χ2n) is 8.38. The molecule has 0 radical (unpaired) electrons. The summed E-state index contributed by atoms with van der Waals surface area (Å²) < 4.78 is 0. The van der Waals surface area contributed by atoms with E-state index in [0.717, 1.165) is 0 Å². The summed E-state index contributed by atoms with van der Waals surface area (Å²) in [5.74, 6) is -5.56. The molecule has 5 amide bonds. The minimum absolute atomic E-state index is 0.0789. The van der Waals surface area contributed by atoms with Crippen molar-refractivity contribution in [1.82, 2.24) is 16.0 Å². The number of nitrogens with one attached hydrogen (secondary N) is 3. The topological polar surface area (TPSA) is 263 Å². The summed E-state index contributed by atoms with van der Waals surface area (Å²) >= 11 is 0. The van der Waals surface area contributed by atoms with Gasteiger partial charge in [-0.3, -0.25) is 24.0 Å². The van der Waals surface area contributed by atoms with Gasteiger partial charge in [0.25, 0.3) is 0 Å². The van der Waals surface area contributed by atoms with Crippen molar-refractivity contribution in [3.8, 4) is 0 Å². The highest BCUT2D eigenvalue weighted by molar-refractivity contribution is 5.95. The number of aliphatic carboxylic acids is 1. The van der Waals surface area contributed by atoms with Crippen LogP contribution in [0.4, 0.5) is 0 Å². The summed E-state index contributed by atoms with van der Waals surface area (Å²) in [5.41, 5.74) is 21.2. The number of primary amides is 2. The Hall–Kier alpha value is -3.26. The average Bonchev–Trinajstić information content (AvgIpc) is 2.70. The average molecular weight is 488 g/mol. The van der Waals surface area contributed by atoms with Crippen molar-refractivity contribution in [2.45, 2.75) is 76.5 Å². The molecule has 0 aliphatic carbocycles. The van der Waals surface area contributed by atoms with Gasteiger partial charge in [-0.05, 0) is 38.1 Å². The molecule has 0 heterocycles. The molecule has 0 aliphatic rings. The predicted octanol–water partition coefficient (Wildman–Crippen LogP) is -3.22. The number of hydrogen-bond acceptors (Lipinski definition) is 8. The molecule has 0 aliphatic heterocycles. The predicted molar refractivity (Wildman–Crippen MR) is 121 cm³/mol. The van der Waals surface area contributed by atoms with Crippen LogP contribution >= 0.6 is 0 Å². The Morgan fingerprint density at radius 1 is 0.765 bits per heavy atom. The van der Waals surface area contributed by atoms with Crippen LogP contribution in [0.1, 0.15) is 52.4 Å². The van der Waals surface area contributed by atoms with Crippen molar-refractivity contribution in [1.29, 1.82) is 0 Å². The van der Waals surface area contributed by atoms with Gasteiger partial charge in [-0.1, -0.05) is 13.8 Å². The fourth-order valence-corrected chi connectivity index (χ4v) is 3.00. The zero-order valence-corrected chi connectivity index (χ0v) is 19.5. The number of nitrogens with two attached hydrogens (primary N) is 4. The quantitative estimate of drug-likeness (QED) is 0.0957. The third-order valence-corrected chi connectivity index (χ3v) is 4.70. The van der Waals surface area contributed by atoms with Gasteiger partial charge in [-0.15, -0.1) is 0 Å². The molecule has 0 fully saturated rings. The number of amides is 5. The van der Waals surface area contributed by atoms with Crippen molar-refractivity contribution < 1.29 is 33.9 Å². The van der Waals surface area contributed by atoms with E-state index in [1.807, 2.05) is 0 Å². The molecule has 0 rings (SSSR count). The number of carbonyl (C=O) groups is 6. The number of rotatable bonds is 17. The van der Waals surface area contributed by atoms with E-state index in [2.05, 4.69) is 16.0 Å². The first kappa shape index (κ1) is 30.7. The zero-order chi connectivity index (χ0) is 26.4. The smallest absolute Gasteiger partial charge is 0.326 e. The van der Waals surface area contributed by atoms with Crippen molar-refractivity contribution in [2.75, 3.05) is 6.54 Å². The van der Waals surface area contributed by atoms with Crippen LogP contribution in [0.15, 0.2) is 0 Å². The SMILES string of the molecule is CC(C)CC(NC(=O)C(CCCCN)NC(=O)C(N)CC(N)=O)C(=O)NC(CC(N)=O)C(=O)O. The van der Waals surface area contributed by atoms with Crippen molar-refractivity contribution in [2.24, 2.45) is 28.9 Å². The third kappa shape index (κ3) is 12.7. The van der Waals surface area contributed by atoms with Crippen LogP contribution in [0.25, 0.3) is 0 Å². The normalized spacial score (nSPS) is 14.4. The van der Waals surface area contributed by atoms with Crippen molar-refractivity contribution >= 4 is 35.5 Å². The molecule has 0 bridgehead atoms. The second-order valence-corrected chi connectivity index (χ2v) is 8.38. The van der Waals surface area contributed by atoms with E-state index in [9.17, 15) is 33.9 Å². The molecule has 0 saturated carbocycles. The molecular formula is C20H37N7O7. The first-order valence-corrected chi connectivity index (χ1v) is 10.9. The van der Waals surface area contributed by atoms with Crippen LogP contribution in [0.5, 0.6) is 0 Å². The van der Waals surface area contributed by atoms with E-state index in [-0.39, 0.29) is 18.8 Å². The fourth-order valence-electron chi connectivity index (χ4n) is 3.00. The maximum Gasteiger partial charge on any atom is 0.326 e. The van der Waals surface area contributed by atoms with E-state index >= 15 is 0 Å². The van der Waals surface area contributed by atoms with E-state index < -0.39 is 72.5 Å². The first-order chi connectivity index (χ1) is 15.8. The molecule has 12 N–H and O–H groups in total. The summed E-state index contributed by atoms with van der Waals surface area (Å²) in [5, 5.41) is 16.4. The van der Waals surface area contributed by atoms with Crippen LogP contribution in [0.3, 0.4) is 0 Å². The van der Waals surface area contributed by atoms with Gasteiger partial charge in [-0.2, -0.15) is 0 Å². The number of carboxylic acids is 1. The number of carboxylic acid groups (broad SMARTS) is 1. The molecule has 0 aromatic rings. The van der Waals surface area contributed by atoms with Crippen LogP contribution in [-0.4, -0.2) is 71.3 Å². The molecule has 194 valence electrons. The maximum absolute atomic E-state index is 13.0. The minimum Gasteiger partial charge on any atom is -0.480 e. The van der Waals surface area contributed by atoms with Crippen molar-refractivity contribution in [3.63, 3.8) is 0 Å². The van der Waals surface area contributed by atoms with Gasteiger partial charge in [0.1, 0.15) is 18.1 Å². The van der Waals surface area contributed by atoms with Gasteiger partial charge in [-0.25, -0.2) is 4.79 Å². The van der Waals surface area contributed by atoms with E-state index in [4.69, 9.17) is 22.9 Å². The van der Waals surface area contributed by atoms with Gasteiger partial charge in [0.05, 0.1) is 18.9 Å². The molecule has 0 aromatic heterocycles. The lowest BCUT2D eigenvalue weighted by atomic mass is 10.0. The number of unbranched alkanes of at least 4 members (excludes halogenated alkanes) is 1. The molecular weight excluding hydrogens is 450 g/mol. The molecule has 4 unspecified atom stereocenters. The fraction of sp³-hybridized carbons (Fsp3) is 0.700. The Morgan fingerprint density at radius 3 is 1.74 bits per heavy atom. The Morgan fingerprint density at radius 2 is 1.26 bits per heavy atom. The van der Waals surface area contributed by atoms with Gasteiger partial charge in [0, 0.05) is 0 Å². The summed E-state index contributed by atoms with van der Waals surface area (Å²) in [6, 6.07) is -5.08. The highest BCUT2D eigenvalue weighted by Crippen LogP contribution is 2.09. The van der Waals surface area contributed by atoms with Crippen molar-refractivity contribution in [3.05, 3.63) is 0 Å². The Labute approximate surface area is 197 Å². The van der Waals surface area contributed by atoms with E-state index in [1.54, 1.807) is 13.8 Å². The number of carbonyl (C=O) groups excluding carboxylic acids is 5. The molecule has 14 nitrogen and oxygen atoms in total. The van der Waals surface area contributed by atoms with Gasteiger partial charge in [0.2, 0.25) is 29.5 Å². The summed E-state index contributed by atoms with van der Waals surface area (Å²) in [4.78, 5) is 71.5. The molecule has 0 aromatic carbocycles. The maximum atomic E-state index is 13.0. The Bertz CT molecular complexity index is 745. The molecule has 0 saturated heterocycles. The highest BCUT2D eigenvalue weighted by Gasteiger charge is 2.31. The lowest BCUT2D eigenvalue weighted by Crippen LogP contribution is -2.57. The Balaban J connectivity index is 5.54. The molecule has 4 atom stereocenters. The molecule has 14 heteroatoms. The zero-order valence-electron chi connectivity index (χ0n) is 19.5. The van der Waals surface area contributed by atoms with Crippen LogP contribution in [0.2, 0.25) is 0 Å². The summed E-state index contributed by atoms with van der Waals surface area (Å²) in [7, 11) is 0. The lowest BCUT2D eigenvalue weighted by Gasteiger charge is -2.26. The van der Waals surface area contributed by atoms with Crippen LogP contribution < -0.4 is 38.9 Å². The van der Waals surface area contributed by atoms with Gasteiger partial charge in [0.15, 0.2) is 0 Å². The largest absolute Gasteiger partial charge is 0.480 e. The van der Waals surface area contributed by atoms with E-state index in [1.165, 1.54) is 0 Å². The summed E-state index contributed by atoms with van der Waals surface area (Å²) in [6.45, 7) is 3.93. The first-order valence-electron chi connectivity index (χ1n) is 10.9. The third-order valence-electron chi connectivity index (χ3n) is 4.70. The second kappa shape index (κ2) is 15.6. The summed E-state index contributed by atoms with van der Waals surface area (Å²) in [6.07, 6.45) is 0.312. The molecule has 34 heavy (non-hydrogen) atoms. The standard InChI is InChI=1S/C20H37N7O7/c1-10(2)7-13(19(32)27-14(20(33)34)9-16(24)29)26-18(31)12(5-3-4-6-21)25-17(30)11(22)8-15(23)28/h10-14H,3-9,21-22H2,1-2H3,(H2,23,28)(H2,24,29)(H,25,30)(H,26,31)(H,27,32)(H,33,34). The van der Waals surface area contributed by atoms with Crippen LogP contribution in [-0.2, 0) is 28.8 Å². The number of hydrogen-bond donors (Lipinski definition) is 8. The lowest BCUT2D eigenvalue weighted by molar-refractivity contribution is -0.144. The van der Waals surface area contributed by atoms with Crippen LogP contribution in [0, 0.1) is 5.92 Å². The highest BCUT2D eigenvalue weighted by atomic mass is 16.4. The molecule has 0 spiro atoms. The van der Waals surface area contributed by atoms with Gasteiger partial charge < -0.3 is 44.0 Å². The van der Waals surface area contributed by atoms with Gasteiger partial charge >= 0.3 is 5.97 Å². The monoisotopic (exact) mass is 487 g/mol. The van der Waals surface area contributed by atoms with E-state index in [0.29, 0.717) is 19.4 Å². The Kier molecular flexibility index (Phi) is 14.1. The minimum atomic E-state index is -1.57.